The van der Waals surface area contributed by atoms with E-state index in [1.54, 1.807) is 24.0 Å². The van der Waals surface area contributed by atoms with Crippen molar-refractivity contribution in [2.75, 3.05) is 11.9 Å². The van der Waals surface area contributed by atoms with Gasteiger partial charge in [-0.2, -0.15) is 5.10 Å². The summed E-state index contributed by atoms with van der Waals surface area (Å²) in [4.78, 5) is 7.95. The van der Waals surface area contributed by atoms with Crippen molar-refractivity contribution < 1.29 is 4.39 Å². The Bertz CT molecular complexity index is 494. The molecule has 2 aromatic rings. The number of nitrogens with one attached hydrogen (secondary N) is 1. The Labute approximate surface area is 92.3 Å². The second kappa shape index (κ2) is 4.26. The maximum atomic E-state index is 13.6. The number of anilines is 1. The third kappa shape index (κ3) is 1.86. The standard InChI is InChI=1S/C10H12FN5/c1-3-12-10-13-6-7(11)9(15-10)8-4-5-14-16(8)2/h4-6H,3H2,1-2H3,(H,12,13,15). The summed E-state index contributed by atoms with van der Waals surface area (Å²) in [6.07, 6.45) is 2.76. The van der Waals surface area contributed by atoms with Gasteiger partial charge < -0.3 is 5.32 Å². The topological polar surface area (TPSA) is 55.6 Å². The van der Waals surface area contributed by atoms with Crippen molar-refractivity contribution in [2.24, 2.45) is 7.05 Å². The van der Waals surface area contributed by atoms with Gasteiger partial charge in [0, 0.05) is 19.8 Å². The third-order valence-corrected chi connectivity index (χ3v) is 2.14. The van der Waals surface area contributed by atoms with Crippen LogP contribution >= 0.6 is 0 Å². The first-order valence-corrected chi connectivity index (χ1v) is 4.97. The predicted molar refractivity (Wildman–Crippen MR) is 58.4 cm³/mol. The van der Waals surface area contributed by atoms with Crippen LogP contribution in [0.25, 0.3) is 11.4 Å². The highest BCUT2D eigenvalue weighted by Gasteiger charge is 2.12. The molecule has 16 heavy (non-hydrogen) atoms. The molecule has 0 aliphatic heterocycles. The van der Waals surface area contributed by atoms with Crippen LogP contribution in [0.15, 0.2) is 18.5 Å². The first kappa shape index (κ1) is 10.5. The number of nitrogens with zero attached hydrogens (tertiary/aromatic N) is 4. The molecule has 0 amide bonds. The molecule has 1 N–H and O–H groups in total. The number of aryl methyl sites for hydroxylation is 1. The molecule has 0 spiro atoms. The highest BCUT2D eigenvalue weighted by atomic mass is 19.1. The molecule has 0 fully saturated rings. The van der Waals surface area contributed by atoms with E-state index >= 15 is 0 Å². The molecule has 2 aromatic heterocycles. The van der Waals surface area contributed by atoms with E-state index in [1.807, 2.05) is 6.92 Å². The Kier molecular flexibility index (Phi) is 2.80. The van der Waals surface area contributed by atoms with Crippen LogP contribution in [0.3, 0.4) is 0 Å². The quantitative estimate of drug-likeness (QED) is 0.852. The minimum Gasteiger partial charge on any atom is -0.354 e. The van der Waals surface area contributed by atoms with Crippen molar-refractivity contribution in [2.45, 2.75) is 6.92 Å². The average Bonchev–Trinajstić information content (AvgIpc) is 2.68. The monoisotopic (exact) mass is 221 g/mol. The zero-order valence-electron chi connectivity index (χ0n) is 9.11. The van der Waals surface area contributed by atoms with E-state index in [0.717, 1.165) is 6.20 Å². The largest absolute Gasteiger partial charge is 0.354 e. The number of rotatable bonds is 3. The highest BCUT2D eigenvalue weighted by Crippen LogP contribution is 2.19. The lowest BCUT2D eigenvalue weighted by atomic mass is 10.3. The first-order chi connectivity index (χ1) is 7.72. The Balaban J connectivity index is 2.47. The second-order valence-corrected chi connectivity index (χ2v) is 3.26. The molecule has 84 valence electrons. The summed E-state index contributed by atoms with van der Waals surface area (Å²) >= 11 is 0. The Hall–Kier alpha value is -1.98. The van der Waals surface area contributed by atoms with Crippen molar-refractivity contribution in [3.8, 4) is 11.4 Å². The fourth-order valence-electron chi connectivity index (χ4n) is 1.40. The molecule has 2 rings (SSSR count). The first-order valence-electron chi connectivity index (χ1n) is 4.97. The molecule has 0 aromatic carbocycles. The Morgan fingerprint density at radius 2 is 2.31 bits per heavy atom. The van der Waals surface area contributed by atoms with Crippen LogP contribution in [0.1, 0.15) is 6.92 Å². The molecular formula is C10H12FN5. The molecule has 6 heteroatoms. The minimum atomic E-state index is -0.453. The second-order valence-electron chi connectivity index (χ2n) is 3.26. The lowest BCUT2D eigenvalue weighted by molar-refractivity contribution is 0.615. The molecule has 5 nitrogen and oxygen atoms in total. The van der Waals surface area contributed by atoms with Gasteiger partial charge in [-0.25, -0.2) is 14.4 Å². The summed E-state index contributed by atoms with van der Waals surface area (Å²) in [7, 11) is 1.74. The smallest absolute Gasteiger partial charge is 0.223 e. The van der Waals surface area contributed by atoms with Gasteiger partial charge in [-0.15, -0.1) is 0 Å². The molecule has 0 unspecified atom stereocenters. The summed E-state index contributed by atoms with van der Waals surface area (Å²) in [6.45, 7) is 2.62. The van der Waals surface area contributed by atoms with Crippen LogP contribution in [0.4, 0.5) is 10.3 Å². The van der Waals surface area contributed by atoms with Crippen molar-refractivity contribution in [3.63, 3.8) is 0 Å². The van der Waals surface area contributed by atoms with Crippen molar-refractivity contribution in [1.82, 2.24) is 19.7 Å². The number of hydrogen-bond donors (Lipinski definition) is 1. The number of halogens is 1. The molecule has 0 saturated heterocycles. The van der Waals surface area contributed by atoms with Gasteiger partial charge >= 0.3 is 0 Å². The van der Waals surface area contributed by atoms with Gasteiger partial charge in [0.15, 0.2) is 5.82 Å². The molecule has 0 aliphatic rings. The molecular weight excluding hydrogens is 209 g/mol. The van der Waals surface area contributed by atoms with E-state index in [2.05, 4.69) is 20.4 Å². The average molecular weight is 221 g/mol. The van der Waals surface area contributed by atoms with E-state index in [9.17, 15) is 4.39 Å². The summed E-state index contributed by atoms with van der Waals surface area (Å²) in [5.74, 6) is -0.0367. The lowest BCUT2D eigenvalue weighted by Crippen LogP contribution is -2.05. The van der Waals surface area contributed by atoms with E-state index < -0.39 is 5.82 Å². The van der Waals surface area contributed by atoms with Gasteiger partial charge in [0.05, 0.1) is 11.9 Å². The zero-order chi connectivity index (χ0) is 11.5. The highest BCUT2D eigenvalue weighted by molar-refractivity contribution is 5.56. The van der Waals surface area contributed by atoms with Crippen molar-refractivity contribution >= 4 is 5.95 Å². The summed E-state index contributed by atoms with van der Waals surface area (Å²) in [5, 5.41) is 6.92. The van der Waals surface area contributed by atoms with Crippen LogP contribution in [0.5, 0.6) is 0 Å². The van der Waals surface area contributed by atoms with E-state index in [0.29, 0.717) is 18.2 Å². The van der Waals surface area contributed by atoms with Gasteiger partial charge in [0.25, 0.3) is 0 Å². The molecule has 0 saturated carbocycles. The van der Waals surface area contributed by atoms with Gasteiger partial charge in [0.1, 0.15) is 5.69 Å². The van der Waals surface area contributed by atoms with Crippen LogP contribution in [-0.2, 0) is 7.05 Å². The SMILES string of the molecule is CCNc1ncc(F)c(-c2ccnn2C)n1. The van der Waals surface area contributed by atoms with Crippen LogP contribution in [-0.4, -0.2) is 26.3 Å². The Morgan fingerprint density at radius 1 is 1.50 bits per heavy atom. The molecule has 0 radical (unpaired) electrons. The van der Waals surface area contributed by atoms with E-state index in [-0.39, 0.29) is 5.69 Å². The van der Waals surface area contributed by atoms with Crippen LogP contribution < -0.4 is 5.32 Å². The van der Waals surface area contributed by atoms with Gasteiger partial charge in [-0.05, 0) is 13.0 Å². The zero-order valence-corrected chi connectivity index (χ0v) is 9.11. The predicted octanol–water partition coefficient (Wildman–Crippen LogP) is 1.45. The van der Waals surface area contributed by atoms with Gasteiger partial charge in [-0.3, -0.25) is 4.68 Å². The summed E-state index contributed by atoms with van der Waals surface area (Å²) in [6, 6.07) is 1.71. The van der Waals surface area contributed by atoms with Crippen molar-refractivity contribution in [3.05, 3.63) is 24.3 Å². The van der Waals surface area contributed by atoms with Crippen LogP contribution in [0.2, 0.25) is 0 Å². The summed E-state index contributed by atoms with van der Waals surface area (Å²) in [5.41, 5.74) is 0.880. The fraction of sp³-hybridized carbons (Fsp3) is 0.300. The number of aromatic nitrogens is 4. The van der Waals surface area contributed by atoms with Gasteiger partial charge in [0.2, 0.25) is 5.95 Å². The molecule has 0 aliphatic carbocycles. The van der Waals surface area contributed by atoms with Crippen LogP contribution in [0, 0.1) is 5.82 Å². The van der Waals surface area contributed by atoms with Gasteiger partial charge in [-0.1, -0.05) is 0 Å². The Morgan fingerprint density at radius 3 is 2.94 bits per heavy atom. The third-order valence-electron chi connectivity index (χ3n) is 2.14. The molecule has 2 heterocycles. The maximum absolute atomic E-state index is 13.6. The maximum Gasteiger partial charge on any atom is 0.223 e. The van der Waals surface area contributed by atoms with Crippen molar-refractivity contribution in [1.29, 1.82) is 0 Å². The normalized spacial score (nSPS) is 10.4. The molecule has 0 atom stereocenters. The lowest BCUT2D eigenvalue weighted by Gasteiger charge is -2.05. The van der Waals surface area contributed by atoms with E-state index in [4.69, 9.17) is 0 Å². The molecule has 0 bridgehead atoms. The number of hydrogen-bond acceptors (Lipinski definition) is 4. The fourth-order valence-corrected chi connectivity index (χ4v) is 1.40. The minimum absolute atomic E-state index is 0.256. The summed E-state index contributed by atoms with van der Waals surface area (Å²) < 4.78 is 15.1. The van der Waals surface area contributed by atoms with E-state index in [1.165, 1.54) is 0 Å².